The molecule has 0 amide bonds. The van der Waals surface area contributed by atoms with Crippen LogP contribution in [0.2, 0.25) is 0 Å². The average Bonchev–Trinajstić information content (AvgIpc) is 2.93. The van der Waals surface area contributed by atoms with Crippen LogP contribution in [0.25, 0.3) is 0 Å². The van der Waals surface area contributed by atoms with Gasteiger partial charge in [0.2, 0.25) is 0 Å². The van der Waals surface area contributed by atoms with E-state index in [-0.39, 0.29) is 0 Å². The lowest BCUT2D eigenvalue weighted by molar-refractivity contribution is 0.202. The summed E-state index contributed by atoms with van der Waals surface area (Å²) in [7, 11) is 0. The van der Waals surface area contributed by atoms with Gasteiger partial charge in [-0.2, -0.15) is 0 Å². The average molecular weight is 194 g/mol. The van der Waals surface area contributed by atoms with Gasteiger partial charge in [-0.05, 0) is 45.2 Å². The smallest absolute Gasteiger partial charge is 0.0308 e. The Bertz CT molecular complexity index is 204. The normalized spacial score (nSPS) is 33.4. The molecular formula is C12H22N2. The monoisotopic (exact) mass is 194 g/mol. The van der Waals surface area contributed by atoms with Crippen molar-refractivity contribution in [3.63, 3.8) is 0 Å². The first kappa shape index (κ1) is 9.17. The molecule has 0 aromatic rings. The number of rotatable bonds is 1. The van der Waals surface area contributed by atoms with E-state index in [0.717, 1.165) is 6.04 Å². The number of nitrogens with zero attached hydrogens (tertiary/aromatic N) is 1. The van der Waals surface area contributed by atoms with Crippen molar-refractivity contribution >= 4 is 0 Å². The lowest BCUT2D eigenvalue weighted by Crippen LogP contribution is -2.49. The number of hydrogen-bond donors (Lipinski definition) is 1. The summed E-state index contributed by atoms with van der Waals surface area (Å²) >= 11 is 0. The van der Waals surface area contributed by atoms with Gasteiger partial charge in [-0.3, -0.25) is 4.90 Å². The molecule has 3 rings (SSSR count). The molecule has 0 aromatic carbocycles. The predicted octanol–water partition coefficient (Wildman–Crippen LogP) is 1.76. The van der Waals surface area contributed by atoms with Gasteiger partial charge in [0.1, 0.15) is 0 Å². The fraction of sp³-hybridized carbons (Fsp3) is 1.00. The van der Waals surface area contributed by atoms with Crippen LogP contribution in [0, 0.1) is 0 Å². The Morgan fingerprint density at radius 3 is 2.57 bits per heavy atom. The van der Waals surface area contributed by atoms with Gasteiger partial charge in [0, 0.05) is 18.1 Å². The zero-order valence-corrected chi connectivity index (χ0v) is 9.10. The minimum Gasteiger partial charge on any atom is -0.310 e. The zero-order valence-electron chi connectivity index (χ0n) is 9.10. The van der Waals surface area contributed by atoms with Crippen LogP contribution in [0.3, 0.4) is 0 Å². The Labute approximate surface area is 87.0 Å². The molecule has 1 saturated heterocycles. The lowest BCUT2D eigenvalue weighted by atomic mass is 9.97. The largest absolute Gasteiger partial charge is 0.310 e. The fourth-order valence-corrected chi connectivity index (χ4v) is 3.30. The van der Waals surface area contributed by atoms with Crippen LogP contribution in [0.5, 0.6) is 0 Å². The molecule has 3 fully saturated rings. The maximum absolute atomic E-state index is 3.83. The summed E-state index contributed by atoms with van der Waals surface area (Å²) in [6, 6.07) is 0.965. The van der Waals surface area contributed by atoms with E-state index in [0.29, 0.717) is 5.54 Å². The van der Waals surface area contributed by atoms with Gasteiger partial charge in [-0.15, -0.1) is 0 Å². The van der Waals surface area contributed by atoms with Gasteiger partial charge in [0.05, 0.1) is 0 Å². The van der Waals surface area contributed by atoms with Crippen molar-refractivity contribution in [1.82, 2.24) is 10.2 Å². The summed E-state index contributed by atoms with van der Waals surface area (Å²) in [4.78, 5) is 2.77. The second-order valence-corrected chi connectivity index (χ2v) is 5.47. The Morgan fingerprint density at radius 1 is 1.07 bits per heavy atom. The summed E-state index contributed by atoms with van der Waals surface area (Å²) in [5.74, 6) is 0. The van der Waals surface area contributed by atoms with Gasteiger partial charge in [-0.1, -0.05) is 12.8 Å². The third-order valence-electron chi connectivity index (χ3n) is 4.25. The SMILES string of the molecule is C1CNC2(CCCC2)CN(C2CC2)C1. The molecule has 2 heteroatoms. The van der Waals surface area contributed by atoms with Crippen LogP contribution in [-0.4, -0.2) is 36.1 Å². The van der Waals surface area contributed by atoms with E-state index in [9.17, 15) is 0 Å². The first-order valence-corrected chi connectivity index (χ1v) is 6.37. The van der Waals surface area contributed by atoms with E-state index in [2.05, 4.69) is 10.2 Å². The fourth-order valence-electron chi connectivity index (χ4n) is 3.30. The van der Waals surface area contributed by atoms with Crippen molar-refractivity contribution in [2.24, 2.45) is 0 Å². The maximum atomic E-state index is 3.83. The Kier molecular flexibility index (Phi) is 2.29. The molecule has 0 radical (unpaired) electrons. The second kappa shape index (κ2) is 3.49. The first-order chi connectivity index (χ1) is 6.88. The molecule has 2 aliphatic carbocycles. The van der Waals surface area contributed by atoms with Crippen LogP contribution in [0.4, 0.5) is 0 Å². The van der Waals surface area contributed by atoms with Crippen LogP contribution < -0.4 is 5.32 Å². The van der Waals surface area contributed by atoms with E-state index in [1.807, 2.05) is 0 Å². The van der Waals surface area contributed by atoms with Gasteiger partial charge in [-0.25, -0.2) is 0 Å². The van der Waals surface area contributed by atoms with Crippen LogP contribution >= 0.6 is 0 Å². The maximum Gasteiger partial charge on any atom is 0.0308 e. The van der Waals surface area contributed by atoms with E-state index in [4.69, 9.17) is 0 Å². The first-order valence-electron chi connectivity index (χ1n) is 6.37. The summed E-state index contributed by atoms with van der Waals surface area (Å²) in [5, 5.41) is 3.83. The van der Waals surface area contributed by atoms with Crippen molar-refractivity contribution < 1.29 is 0 Å². The molecule has 0 atom stereocenters. The van der Waals surface area contributed by atoms with Crippen molar-refractivity contribution in [3.8, 4) is 0 Å². The van der Waals surface area contributed by atoms with Crippen molar-refractivity contribution in [3.05, 3.63) is 0 Å². The molecule has 1 N–H and O–H groups in total. The van der Waals surface area contributed by atoms with Gasteiger partial charge in [0.25, 0.3) is 0 Å². The highest BCUT2D eigenvalue weighted by Crippen LogP contribution is 2.35. The molecule has 3 aliphatic rings. The molecule has 0 aromatic heterocycles. The van der Waals surface area contributed by atoms with Crippen LogP contribution in [0.15, 0.2) is 0 Å². The van der Waals surface area contributed by atoms with E-state index in [1.165, 1.54) is 64.6 Å². The molecule has 2 nitrogen and oxygen atoms in total. The van der Waals surface area contributed by atoms with E-state index < -0.39 is 0 Å². The molecule has 1 heterocycles. The van der Waals surface area contributed by atoms with Crippen molar-refractivity contribution in [2.75, 3.05) is 19.6 Å². The van der Waals surface area contributed by atoms with E-state index in [1.54, 1.807) is 0 Å². The molecular weight excluding hydrogens is 172 g/mol. The highest BCUT2D eigenvalue weighted by Gasteiger charge is 2.40. The Balaban J connectivity index is 1.70. The lowest BCUT2D eigenvalue weighted by Gasteiger charge is -2.33. The van der Waals surface area contributed by atoms with Gasteiger partial charge in [0.15, 0.2) is 0 Å². The third-order valence-corrected chi connectivity index (χ3v) is 4.25. The number of hydrogen-bond acceptors (Lipinski definition) is 2. The van der Waals surface area contributed by atoms with Crippen molar-refractivity contribution in [1.29, 1.82) is 0 Å². The summed E-state index contributed by atoms with van der Waals surface area (Å²) in [5.41, 5.74) is 0.527. The molecule has 1 spiro atoms. The zero-order chi connectivity index (χ0) is 9.43. The highest BCUT2D eigenvalue weighted by molar-refractivity contribution is 4.99. The standard InChI is InChI=1S/C12H22N2/c1-2-7-12(6-1)10-14(11-4-5-11)9-3-8-13-12/h11,13H,1-10H2. The minimum absolute atomic E-state index is 0.527. The molecule has 2 saturated carbocycles. The van der Waals surface area contributed by atoms with Crippen LogP contribution in [0.1, 0.15) is 44.9 Å². The molecule has 1 aliphatic heterocycles. The molecule has 0 bridgehead atoms. The summed E-state index contributed by atoms with van der Waals surface area (Å²) < 4.78 is 0. The molecule has 80 valence electrons. The second-order valence-electron chi connectivity index (χ2n) is 5.47. The van der Waals surface area contributed by atoms with Crippen LogP contribution in [-0.2, 0) is 0 Å². The Morgan fingerprint density at radius 2 is 1.86 bits per heavy atom. The molecule has 14 heavy (non-hydrogen) atoms. The van der Waals surface area contributed by atoms with Gasteiger partial charge >= 0.3 is 0 Å². The minimum atomic E-state index is 0.527. The van der Waals surface area contributed by atoms with Crippen molar-refractivity contribution in [2.45, 2.75) is 56.5 Å². The highest BCUT2D eigenvalue weighted by atomic mass is 15.2. The van der Waals surface area contributed by atoms with E-state index >= 15 is 0 Å². The molecule has 0 unspecified atom stereocenters. The Hall–Kier alpha value is -0.0800. The third kappa shape index (κ3) is 1.70. The quantitative estimate of drug-likeness (QED) is 0.684. The van der Waals surface area contributed by atoms with Gasteiger partial charge < -0.3 is 5.32 Å². The predicted molar refractivity (Wildman–Crippen MR) is 58.4 cm³/mol. The summed E-state index contributed by atoms with van der Waals surface area (Å²) in [6.07, 6.45) is 10.0. The summed E-state index contributed by atoms with van der Waals surface area (Å²) in [6.45, 7) is 3.94. The topological polar surface area (TPSA) is 15.3 Å². The number of nitrogens with one attached hydrogen (secondary N) is 1.